The van der Waals surface area contributed by atoms with E-state index in [2.05, 4.69) is 19.2 Å². The number of nitrogens with two attached hydrogens (primary N) is 1. The Morgan fingerprint density at radius 2 is 1.87 bits per heavy atom. The number of nitrogens with one attached hydrogen (secondary N) is 1. The maximum absolute atomic E-state index is 12.0. The van der Waals surface area contributed by atoms with Crippen LogP contribution in [0.25, 0.3) is 0 Å². The van der Waals surface area contributed by atoms with E-state index in [1.54, 1.807) is 13.8 Å². The van der Waals surface area contributed by atoms with Gasteiger partial charge in [-0.05, 0) is 33.1 Å². The lowest BCUT2D eigenvalue weighted by molar-refractivity contribution is -0.140. The number of rotatable bonds is 5. The Kier molecular flexibility index (Phi) is 10.8. The smallest absolute Gasteiger partial charge is 0.407 e. The number of carbonyl (C=O) groups is 3. The molecule has 1 heterocycles. The van der Waals surface area contributed by atoms with Gasteiger partial charge in [0.05, 0.1) is 6.10 Å². The quantitative estimate of drug-likeness (QED) is 0.805. The van der Waals surface area contributed by atoms with Gasteiger partial charge >= 0.3 is 6.09 Å². The zero-order chi connectivity index (χ0) is 17.8. The van der Waals surface area contributed by atoms with Crippen LogP contribution in [0.4, 0.5) is 4.79 Å². The highest BCUT2D eigenvalue weighted by molar-refractivity contribution is 5.88. The van der Waals surface area contributed by atoms with Crippen LogP contribution in [0, 0.1) is 0 Å². The first-order valence-electron chi connectivity index (χ1n) is 8.36. The van der Waals surface area contributed by atoms with Crippen LogP contribution in [0.5, 0.6) is 0 Å². The topological polar surface area (TPSA) is 102 Å². The van der Waals surface area contributed by atoms with E-state index >= 15 is 0 Å². The van der Waals surface area contributed by atoms with E-state index < -0.39 is 18.0 Å². The standard InChI is InChI=1S/C12H21N3O4.C4H10.2H2/c1-8(2)19-12(18)14-7-10(16)15-6-4-3-5-9(15)11(13)17;1-3-4-2;;/h8-9H,3-7H2,1-2H3,(H2,13,17)(H,14,18);3-4H2,1-2H3;2*1H/t9-;;;/m0.../s1. The molecular weight excluding hydrogens is 298 g/mol. The van der Waals surface area contributed by atoms with Gasteiger partial charge in [-0.3, -0.25) is 9.59 Å². The largest absolute Gasteiger partial charge is 0.447 e. The summed E-state index contributed by atoms with van der Waals surface area (Å²) in [6.07, 6.45) is 4.04. The highest BCUT2D eigenvalue weighted by atomic mass is 16.6. The lowest BCUT2D eigenvalue weighted by atomic mass is 10.0. The van der Waals surface area contributed by atoms with Crippen molar-refractivity contribution in [3.8, 4) is 0 Å². The van der Waals surface area contributed by atoms with Crippen LogP contribution < -0.4 is 11.1 Å². The normalized spacial score (nSPS) is 17.1. The van der Waals surface area contributed by atoms with Gasteiger partial charge in [0.1, 0.15) is 12.6 Å². The molecule has 0 aromatic heterocycles. The molecule has 1 aliphatic heterocycles. The van der Waals surface area contributed by atoms with Crippen molar-refractivity contribution in [2.45, 2.75) is 71.9 Å². The molecule has 3 amide bonds. The summed E-state index contributed by atoms with van der Waals surface area (Å²) in [5.41, 5.74) is 5.27. The molecular formula is C16H35N3O4. The predicted octanol–water partition coefficient (Wildman–Crippen LogP) is 2.29. The molecule has 7 nitrogen and oxygen atoms in total. The molecule has 0 aliphatic carbocycles. The number of ether oxygens (including phenoxy) is 1. The molecule has 0 bridgehead atoms. The summed E-state index contributed by atoms with van der Waals surface area (Å²) in [6.45, 7) is 8.10. The zero-order valence-electron chi connectivity index (χ0n) is 14.8. The molecule has 0 saturated carbocycles. The van der Waals surface area contributed by atoms with Crippen LogP contribution in [-0.4, -0.2) is 48.0 Å². The van der Waals surface area contributed by atoms with Crippen molar-refractivity contribution in [2.75, 3.05) is 13.1 Å². The summed E-state index contributed by atoms with van der Waals surface area (Å²) in [7, 11) is 0. The average molecular weight is 333 g/mol. The van der Waals surface area contributed by atoms with Crippen LogP contribution in [0.2, 0.25) is 0 Å². The monoisotopic (exact) mass is 333 g/mol. The van der Waals surface area contributed by atoms with Gasteiger partial charge in [0.25, 0.3) is 0 Å². The number of amides is 3. The Morgan fingerprint density at radius 3 is 2.35 bits per heavy atom. The molecule has 0 spiro atoms. The van der Waals surface area contributed by atoms with Crippen LogP contribution in [0.3, 0.4) is 0 Å². The van der Waals surface area contributed by atoms with Crippen molar-refractivity contribution in [2.24, 2.45) is 5.73 Å². The van der Waals surface area contributed by atoms with Gasteiger partial charge in [0.2, 0.25) is 11.8 Å². The maximum Gasteiger partial charge on any atom is 0.407 e. The summed E-state index contributed by atoms with van der Waals surface area (Å²) in [5, 5.41) is 2.37. The molecule has 0 unspecified atom stereocenters. The summed E-state index contributed by atoms with van der Waals surface area (Å²) in [6, 6.07) is -0.566. The van der Waals surface area contributed by atoms with Gasteiger partial charge in [-0.1, -0.05) is 26.7 Å². The molecule has 0 aromatic carbocycles. The molecule has 3 N–H and O–H groups in total. The average Bonchev–Trinajstić information content (AvgIpc) is 2.52. The van der Waals surface area contributed by atoms with Crippen LogP contribution in [0.1, 0.15) is 62.7 Å². The van der Waals surface area contributed by atoms with Gasteiger partial charge < -0.3 is 20.7 Å². The summed E-state index contributed by atoms with van der Waals surface area (Å²) < 4.78 is 4.85. The molecule has 1 rings (SSSR count). The number of alkyl carbamates (subject to hydrolysis) is 1. The molecule has 7 heteroatoms. The molecule has 23 heavy (non-hydrogen) atoms. The van der Waals surface area contributed by atoms with E-state index in [4.69, 9.17) is 10.5 Å². The van der Waals surface area contributed by atoms with Crippen molar-refractivity contribution in [1.82, 2.24) is 10.2 Å². The number of piperidine rings is 1. The molecule has 0 aromatic rings. The summed E-state index contributed by atoms with van der Waals surface area (Å²) >= 11 is 0. The lowest BCUT2D eigenvalue weighted by Crippen LogP contribution is -2.53. The first kappa shape index (κ1) is 21.2. The zero-order valence-corrected chi connectivity index (χ0v) is 14.8. The first-order chi connectivity index (χ1) is 10.8. The number of carbonyl (C=O) groups excluding carboxylic acids is 3. The van der Waals surface area contributed by atoms with Gasteiger partial charge in [-0.15, -0.1) is 0 Å². The number of primary amides is 1. The van der Waals surface area contributed by atoms with E-state index in [1.165, 1.54) is 17.7 Å². The van der Waals surface area contributed by atoms with E-state index in [0.29, 0.717) is 13.0 Å². The number of hydrogen-bond acceptors (Lipinski definition) is 4. The first-order valence-corrected chi connectivity index (χ1v) is 8.36. The van der Waals surface area contributed by atoms with Gasteiger partial charge in [-0.2, -0.15) is 0 Å². The SMILES string of the molecule is CC(C)OC(=O)NCC(=O)N1CCCC[C@H]1C(N)=O.CCCC.[HH].[HH]. The Morgan fingerprint density at radius 1 is 1.26 bits per heavy atom. The second-order valence-electron chi connectivity index (χ2n) is 5.81. The molecule has 1 fully saturated rings. The number of nitrogens with zero attached hydrogens (tertiary/aromatic N) is 1. The van der Waals surface area contributed by atoms with Crippen LogP contribution >= 0.6 is 0 Å². The third-order valence-corrected chi connectivity index (χ3v) is 3.38. The second kappa shape index (κ2) is 11.7. The highest BCUT2D eigenvalue weighted by Crippen LogP contribution is 2.16. The Balaban J connectivity index is -0.000000728. The van der Waals surface area contributed by atoms with E-state index in [0.717, 1.165) is 12.8 Å². The minimum Gasteiger partial charge on any atom is -0.447 e. The third kappa shape index (κ3) is 9.05. The van der Waals surface area contributed by atoms with Crippen LogP contribution in [-0.2, 0) is 14.3 Å². The van der Waals surface area contributed by atoms with Crippen molar-refractivity contribution >= 4 is 17.9 Å². The van der Waals surface area contributed by atoms with E-state index in [-0.39, 0.29) is 21.4 Å². The number of likely N-dealkylation sites (tertiary alicyclic amines) is 1. The Hall–Kier alpha value is -1.79. The van der Waals surface area contributed by atoms with E-state index in [1.807, 2.05) is 0 Å². The predicted molar refractivity (Wildman–Crippen MR) is 93.0 cm³/mol. The minimum absolute atomic E-state index is 0. The maximum atomic E-state index is 12.0. The van der Waals surface area contributed by atoms with Gasteiger partial charge in [0, 0.05) is 9.40 Å². The highest BCUT2D eigenvalue weighted by Gasteiger charge is 2.30. The fourth-order valence-corrected chi connectivity index (χ4v) is 2.03. The van der Waals surface area contributed by atoms with Crippen molar-refractivity contribution in [1.29, 1.82) is 0 Å². The Bertz CT molecular complexity index is 394. The fourth-order valence-electron chi connectivity index (χ4n) is 2.03. The molecule has 1 aliphatic rings. The fraction of sp³-hybridized carbons (Fsp3) is 0.812. The molecule has 1 atom stereocenters. The third-order valence-electron chi connectivity index (χ3n) is 3.38. The Labute approximate surface area is 141 Å². The molecule has 1 saturated heterocycles. The number of unbranched alkanes of at least 4 members (excludes halogenated alkanes) is 1. The summed E-state index contributed by atoms with van der Waals surface area (Å²) in [4.78, 5) is 35.9. The van der Waals surface area contributed by atoms with E-state index in [9.17, 15) is 14.4 Å². The second-order valence-corrected chi connectivity index (χ2v) is 5.81. The van der Waals surface area contributed by atoms with Gasteiger partial charge in [0.15, 0.2) is 0 Å². The van der Waals surface area contributed by atoms with Crippen molar-refractivity contribution in [3.05, 3.63) is 0 Å². The van der Waals surface area contributed by atoms with Crippen molar-refractivity contribution in [3.63, 3.8) is 0 Å². The minimum atomic E-state index is -0.643. The number of hydrogen-bond donors (Lipinski definition) is 2. The molecule has 138 valence electrons. The van der Waals surface area contributed by atoms with Gasteiger partial charge in [-0.25, -0.2) is 4.79 Å². The molecule has 0 radical (unpaired) electrons. The van der Waals surface area contributed by atoms with Crippen LogP contribution in [0.15, 0.2) is 0 Å². The summed E-state index contributed by atoms with van der Waals surface area (Å²) in [5.74, 6) is -0.818. The van der Waals surface area contributed by atoms with Crippen molar-refractivity contribution < 1.29 is 22.0 Å². The lowest BCUT2D eigenvalue weighted by Gasteiger charge is -2.33.